The van der Waals surface area contributed by atoms with E-state index >= 15 is 0 Å². The lowest BCUT2D eigenvalue weighted by Gasteiger charge is -2.11. The van der Waals surface area contributed by atoms with Gasteiger partial charge in [0.25, 0.3) is 0 Å². The summed E-state index contributed by atoms with van der Waals surface area (Å²) in [7, 11) is -0.458. The summed E-state index contributed by atoms with van der Waals surface area (Å²) in [4.78, 5) is 17.9. The molecule has 0 atom stereocenters. The van der Waals surface area contributed by atoms with Crippen molar-refractivity contribution in [2.75, 3.05) is 19.4 Å². The van der Waals surface area contributed by atoms with Gasteiger partial charge in [-0.1, -0.05) is 18.2 Å². The van der Waals surface area contributed by atoms with Crippen LogP contribution in [0.25, 0.3) is 11.3 Å². The fourth-order valence-corrected chi connectivity index (χ4v) is 4.69. The van der Waals surface area contributed by atoms with Crippen molar-refractivity contribution in [2.45, 2.75) is 17.7 Å². The second kappa shape index (κ2) is 8.30. The summed E-state index contributed by atoms with van der Waals surface area (Å²) in [6, 6.07) is 10.5. The summed E-state index contributed by atoms with van der Waals surface area (Å²) in [5.74, 6) is -0.0725. The quantitative estimate of drug-likeness (QED) is 0.631. The van der Waals surface area contributed by atoms with Crippen molar-refractivity contribution in [3.8, 4) is 11.3 Å². The first-order chi connectivity index (χ1) is 12.9. The van der Waals surface area contributed by atoms with Crippen molar-refractivity contribution in [1.82, 2.24) is 9.29 Å². The molecule has 0 spiro atoms. The lowest BCUT2D eigenvalue weighted by Crippen LogP contribution is -2.22. The molecule has 1 aromatic carbocycles. The highest BCUT2D eigenvalue weighted by Gasteiger charge is 2.17. The number of nitrogens with zero attached hydrogens (tertiary/aromatic N) is 2. The van der Waals surface area contributed by atoms with E-state index in [0.29, 0.717) is 23.7 Å². The highest BCUT2D eigenvalue weighted by atomic mass is 32.2. The van der Waals surface area contributed by atoms with Crippen LogP contribution in [0.1, 0.15) is 11.3 Å². The SMILES string of the molecule is CN(C)S(=O)(=O)c1ccc(-c2csc(NC(=O)CCc3cccs3)n2)cc1. The molecule has 2 heterocycles. The number of thiophene rings is 1. The van der Waals surface area contributed by atoms with E-state index in [1.807, 2.05) is 22.9 Å². The van der Waals surface area contributed by atoms with E-state index in [1.165, 1.54) is 34.6 Å². The molecule has 0 aliphatic carbocycles. The van der Waals surface area contributed by atoms with Crippen molar-refractivity contribution < 1.29 is 13.2 Å². The lowest BCUT2D eigenvalue weighted by molar-refractivity contribution is -0.116. The molecule has 0 aliphatic rings. The number of nitrogens with one attached hydrogen (secondary N) is 1. The van der Waals surface area contributed by atoms with E-state index in [4.69, 9.17) is 0 Å². The van der Waals surface area contributed by atoms with Gasteiger partial charge in [0.1, 0.15) is 0 Å². The Balaban J connectivity index is 1.64. The summed E-state index contributed by atoms with van der Waals surface area (Å²) < 4.78 is 25.4. The van der Waals surface area contributed by atoms with Crippen LogP contribution in [0, 0.1) is 0 Å². The molecule has 6 nitrogen and oxygen atoms in total. The van der Waals surface area contributed by atoms with E-state index in [0.717, 1.165) is 5.56 Å². The maximum absolute atomic E-state index is 12.1. The van der Waals surface area contributed by atoms with E-state index < -0.39 is 10.0 Å². The van der Waals surface area contributed by atoms with Crippen LogP contribution in [0.3, 0.4) is 0 Å². The average Bonchev–Trinajstić information content (AvgIpc) is 3.32. The monoisotopic (exact) mass is 421 g/mol. The molecule has 0 saturated heterocycles. The van der Waals surface area contributed by atoms with E-state index in [-0.39, 0.29) is 10.8 Å². The Morgan fingerprint density at radius 2 is 1.89 bits per heavy atom. The molecule has 1 amide bonds. The molecule has 142 valence electrons. The molecule has 27 heavy (non-hydrogen) atoms. The molecule has 2 aromatic heterocycles. The minimum absolute atomic E-state index is 0.0725. The number of sulfonamides is 1. The number of anilines is 1. The largest absolute Gasteiger partial charge is 0.302 e. The first kappa shape index (κ1) is 19.7. The fourth-order valence-electron chi connectivity index (χ4n) is 2.35. The second-order valence-electron chi connectivity index (χ2n) is 5.98. The van der Waals surface area contributed by atoms with Crippen LogP contribution in [-0.4, -0.2) is 37.7 Å². The summed E-state index contributed by atoms with van der Waals surface area (Å²) in [5, 5.41) is 7.18. The molecule has 3 rings (SSSR count). The molecule has 0 saturated carbocycles. The van der Waals surface area contributed by atoms with Crippen molar-refractivity contribution in [1.29, 1.82) is 0 Å². The summed E-state index contributed by atoms with van der Waals surface area (Å²) in [6.45, 7) is 0. The van der Waals surface area contributed by atoms with Gasteiger partial charge in [0.2, 0.25) is 15.9 Å². The van der Waals surface area contributed by atoms with E-state index in [1.54, 1.807) is 35.6 Å². The van der Waals surface area contributed by atoms with E-state index in [9.17, 15) is 13.2 Å². The fraction of sp³-hybridized carbons (Fsp3) is 0.222. The van der Waals surface area contributed by atoms with Gasteiger partial charge < -0.3 is 5.32 Å². The van der Waals surface area contributed by atoms with Crippen LogP contribution in [0.4, 0.5) is 5.13 Å². The first-order valence-electron chi connectivity index (χ1n) is 8.17. The molecule has 0 unspecified atom stereocenters. The van der Waals surface area contributed by atoms with Crippen molar-refractivity contribution in [3.63, 3.8) is 0 Å². The van der Waals surface area contributed by atoms with Gasteiger partial charge in [-0.2, -0.15) is 0 Å². The number of hydrogen-bond donors (Lipinski definition) is 1. The molecule has 1 N–H and O–H groups in total. The number of carbonyl (C=O) groups is 1. The average molecular weight is 422 g/mol. The third kappa shape index (κ3) is 4.81. The molecule has 0 aliphatic heterocycles. The zero-order valence-corrected chi connectivity index (χ0v) is 17.3. The van der Waals surface area contributed by atoms with Crippen LogP contribution >= 0.6 is 22.7 Å². The maximum Gasteiger partial charge on any atom is 0.242 e. The van der Waals surface area contributed by atoms with Crippen LogP contribution in [0.15, 0.2) is 52.1 Å². The third-order valence-electron chi connectivity index (χ3n) is 3.86. The van der Waals surface area contributed by atoms with Crippen LogP contribution in [0.2, 0.25) is 0 Å². The summed E-state index contributed by atoms with van der Waals surface area (Å²) in [6.07, 6.45) is 1.12. The third-order valence-corrected chi connectivity index (χ3v) is 7.38. The van der Waals surface area contributed by atoms with Gasteiger partial charge in [-0.3, -0.25) is 4.79 Å². The Kier molecular flexibility index (Phi) is 6.05. The minimum atomic E-state index is -3.45. The number of carbonyl (C=O) groups excluding carboxylic acids is 1. The number of amides is 1. The molecule has 0 radical (unpaired) electrons. The zero-order valence-electron chi connectivity index (χ0n) is 14.9. The highest BCUT2D eigenvalue weighted by Crippen LogP contribution is 2.26. The number of aryl methyl sites for hydroxylation is 1. The molecule has 9 heteroatoms. The molecular weight excluding hydrogens is 402 g/mol. The molecule has 3 aromatic rings. The maximum atomic E-state index is 12.1. The molecule has 0 fully saturated rings. The standard InChI is InChI=1S/C18H19N3O3S3/c1-21(2)27(23,24)15-8-5-13(6-9-15)16-12-26-18(19-16)20-17(22)10-7-14-4-3-11-25-14/h3-6,8-9,11-12H,7,10H2,1-2H3,(H,19,20,22). The normalized spacial score (nSPS) is 11.7. The van der Waals surface area contributed by atoms with Crippen LogP contribution < -0.4 is 5.32 Å². The minimum Gasteiger partial charge on any atom is -0.302 e. The lowest BCUT2D eigenvalue weighted by atomic mass is 10.2. The first-order valence-corrected chi connectivity index (χ1v) is 11.4. The van der Waals surface area contributed by atoms with Crippen molar-refractivity contribution in [3.05, 3.63) is 52.0 Å². The number of rotatable bonds is 7. The van der Waals surface area contributed by atoms with Gasteiger partial charge in [0, 0.05) is 36.3 Å². The number of benzene rings is 1. The van der Waals surface area contributed by atoms with Crippen LogP contribution in [0.5, 0.6) is 0 Å². The predicted molar refractivity (Wildman–Crippen MR) is 110 cm³/mol. The van der Waals surface area contributed by atoms with Gasteiger partial charge in [-0.15, -0.1) is 22.7 Å². The summed E-state index contributed by atoms with van der Waals surface area (Å²) >= 11 is 2.98. The van der Waals surface area contributed by atoms with Gasteiger partial charge in [-0.25, -0.2) is 17.7 Å². The zero-order chi connectivity index (χ0) is 19.4. The molecular formula is C18H19N3O3S3. The van der Waals surface area contributed by atoms with Crippen molar-refractivity contribution >= 4 is 43.7 Å². The van der Waals surface area contributed by atoms with E-state index in [2.05, 4.69) is 10.3 Å². The van der Waals surface area contributed by atoms with Gasteiger partial charge >= 0.3 is 0 Å². The predicted octanol–water partition coefficient (Wildman–Crippen LogP) is 3.69. The van der Waals surface area contributed by atoms with Crippen molar-refractivity contribution in [2.24, 2.45) is 0 Å². The van der Waals surface area contributed by atoms with Gasteiger partial charge in [-0.05, 0) is 30.0 Å². The second-order valence-corrected chi connectivity index (χ2v) is 10.0. The van der Waals surface area contributed by atoms with Gasteiger partial charge in [0.15, 0.2) is 5.13 Å². The smallest absolute Gasteiger partial charge is 0.242 e. The number of thiazole rings is 1. The number of aromatic nitrogens is 1. The molecule has 0 bridgehead atoms. The highest BCUT2D eigenvalue weighted by molar-refractivity contribution is 7.89. The topological polar surface area (TPSA) is 79.4 Å². The Hall–Kier alpha value is -2.07. The van der Waals surface area contributed by atoms with Gasteiger partial charge in [0.05, 0.1) is 10.6 Å². The summed E-state index contributed by atoms with van der Waals surface area (Å²) in [5.41, 5.74) is 1.49. The Morgan fingerprint density at radius 1 is 1.15 bits per heavy atom. The Labute approximate surface area is 166 Å². The Morgan fingerprint density at radius 3 is 2.52 bits per heavy atom. The number of hydrogen-bond acceptors (Lipinski definition) is 6. The van der Waals surface area contributed by atoms with Crippen LogP contribution in [-0.2, 0) is 21.2 Å². The Bertz CT molecular complexity index is 1010.